The van der Waals surface area contributed by atoms with Crippen molar-refractivity contribution in [2.24, 2.45) is 0 Å². The molecule has 0 aliphatic heterocycles. The molecule has 0 bridgehead atoms. The molecule has 0 aliphatic rings. The monoisotopic (exact) mass is 305 g/mol. The van der Waals surface area contributed by atoms with E-state index in [0.717, 1.165) is 11.8 Å². The average molecular weight is 305 g/mol. The average Bonchev–Trinajstić information content (AvgIpc) is 2.45. The van der Waals surface area contributed by atoms with Gasteiger partial charge in [0.05, 0.1) is 11.3 Å². The molecule has 8 nitrogen and oxygen atoms in total. The fourth-order valence-corrected chi connectivity index (χ4v) is 2.03. The molecule has 1 aromatic carbocycles. The van der Waals surface area contributed by atoms with Crippen LogP contribution >= 0.6 is 11.8 Å². The van der Waals surface area contributed by atoms with Gasteiger partial charge in [-0.2, -0.15) is 4.98 Å². The van der Waals surface area contributed by atoms with E-state index >= 15 is 0 Å². The van der Waals surface area contributed by atoms with Crippen molar-refractivity contribution in [3.63, 3.8) is 0 Å². The van der Waals surface area contributed by atoms with E-state index in [1.807, 2.05) is 0 Å². The minimum absolute atomic E-state index is 0.0702. The highest BCUT2D eigenvalue weighted by molar-refractivity contribution is 7.99. The second-order valence-electron chi connectivity index (χ2n) is 3.85. The molecule has 108 valence electrons. The fourth-order valence-electron chi connectivity index (χ4n) is 1.42. The minimum Gasteiger partial charge on any atom is -0.478 e. The molecule has 0 atom stereocenters. The predicted octanol–water partition coefficient (Wildman–Crippen LogP) is 0.883. The number of carbonyl (C=O) groups excluding carboxylic acids is 1. The molecule has 21 heavy (non-hydrogen) atoms. The van der Waals surface area contributed by atoms with E-state index in [4.69, 9.17) is 10.8 Å². The summed E-state index contributed by atoms with van der Waals surface area (Å²) >= 11 is 1.10. The highest BCUT2D eigenvalue weighted by Gasteiger charge is 2.08. The Bertz CT molecular complexity index is 679. The SMILES string of the molecule is Nc1ncnc(SCC(=O)Nc2cccc(C(=O)O)c2)n1. The molecule has 9 heteroatoms. The molecule has 0 spiro atoms. The third kappa shape index (κ3) is 4.42. The summed E-state index contributed by atoms with van der Waals surface area (Å²) in [4.78, 5) is 34.0. The normalized spacial score (nSPS) is 10.1. The van der Waals surface area contributed by atoms with Crippen molar-refractivity contribution in [3.8, 4) is 0 Å². The number of nitrogens with two attached hydrogens (primary N) is 1. The molecule has 0 aliphatic carbocycles. The Balaban J connectivity index is 1.93. The van der Waals surface area contributed by atoms with E-state index < -0.39 is 5.97 Å². The molecule has 4 N–H and O–H groups in total. The first-order valence-corrected chi connectivity index (χ1v) is 6.73. The van der Waals surface area contributed by atoms with Crippen LogP contribution in [-0.4, -0.2) is 37.7 Å². The lowest BCUT2D eigenvalue weighted by Gasteiger charge is -2.05. The second-order valence-corrected chi connectivity index (χ2v) is 4.79. The summed E-state index contributed by atoms with van der Waals surface area (Å²) in [5.41, 5.74) is 5.92. The number of carboxylic acid groups (broad SMARTS) is 1. The van der Waals surface area contributed by atoms with Crippen LogP contribution < -0.4 is 11.1 Å². The van der Waals surface area contributed by atoms with Crippen molar-refractivity contribution in [2.45, 2.75) is 5.16 Å². The summed E-state index contributed by atoms with van der Waals surface area (Å²) in [7, 11) is 0. The van der Waals surface area contributed by atoms with E-state index in [9.17, 15) is 9.59 Å². The molecule has 0 saturated carbocycles. The molecule has 1 heterocycles. The Morgan fingerprint density at radius 3 is 2.86 bits per heavy atom. The second kappa shape index (κ2) is 6.66. The lowest BCUT2D eigenvalue weighted by atomic mass is 10.2. The number of hydrogen-bond acceptors (Lipinski definition) is 7. The number of carbonyl (C=O) groups is 2. The van der Waals surface area contributed by atoms with E-state index in [-0.39, 0.29) is 23.2 Å². The number of aromatic nitrogens is 3. The van der Waals surface area contributed by atoms with Crippen LogP contribution in [0.4, 0.5) is 11.6 Å². The molecule has 2 rings (SSSR count). The zero-order valence-electron chi connectivity index (χ0n) is 10.7. The number of nitrogen functional groups attached to an aromatic ring is 1. The topological polar surface area (TPSA) is 131 Å². The smallest absolute Gasteiger partial charge is 0.335 e. The molecular formula is C12H11N5O3S. The van der Waals surface area contributed by atoms with Gasteiger partial charge in [-0.25, -0.2) is 14.8 Å². The van der Waals surface area contributed by atoms with E-state index in [1.54, 1.807) is 12.1 Å². The number of nitrogens with one attached hydrogen (secondary N) is 1. The Labute approximate surface area is 123 Å². The van der Waals surface area contributed by atoms with Gasteiger partial charge in [0.15, 0.2) is 5.16 Å². The number of hydrogen-bond donors (Lipinski definition) is 3. The maximum Gasteiger partial charge on any atom is 0.335 e. The van der Waals surface area contributed by atoms with Crippen molar-refractivity contribution < 1.29 is 14.7 Å². The largest absolute Gasteiger partial charge is 0.478 e. The molecule has 1 aromatic heterocycles. The summed E-state index contributed by atoms with van der Waals surface area (Å²) in [5, 5.41) is 11.8. The zero-order valence-corrected chi connectivity index (χ0v) is 11.5. The van der Waals surface area contributed by atoms with Crippen LogP contribution in [0.25, 0.3) is 0 Å². The first kappa shape index (κ1) is 14.7. The Morgan fingerprint density at radius 1 is 1.33 bits per heavy atom. The molecule has 0 fully saturated rings. The first-order chi connectivity index (χ1) is 10.0. The number of carboxylic acids is 1. The number of rotatable bonds is 5. The lowest BCUT2D eigenvalue weighted by molar-refractivity contribution is -0.113. The van der Waals surface area contributed by atoms with Gasteiger partial charge in [-0.3, -0.25) is 4.79 Å². The van der Waals surface area contributed by atoms with Gasteiger partial charge in [0.1, 0.15) is 6.33 Å². The third-order valence-electron chi connectivity index (χ3n) is 2.29. The Kier molecular flexibility index (Phi) is 4.67. The maximum atomic E-state index is 11.8. The number of anilines is 2. The highest BCUT2D eigenvalue weighted by atomic mass is 32.2. The summed E-state index contributed by atoms with van der Waals surface area (Å²) < 4.78 is 0. The molecule has 2 aromatic rings. The van der Waals surface area contributed by atoms with Crippen LogP contribution in [0.15, 0.2) is 35.7 Å². The van der Waals surface area contributed by atoms with E-state index in [2.05, 4.69) is 20.3 Å². The van der Waals surface area contributed by atoms with Crippen LogP contribution in [0, 0.1) is 0 Å². The van der Waals surface area contributed by atoms with Gasteiger partial charge >= 0.3 is 5.97 Å². The van der Waals surface area contributed by atoms with Crippen LogP contribution in [0.5, 0.6) is 0 Å². The fraction of sp³-hybridized carbons (Fsp3) is 0.0833. The number of benzene rings is 1. The summed E-state index contributed by atoms with van der Waals surface area (Å²) in [6.07, 6.45) is 1.26. The molecule has 0 saturated heterocycles. The zero-order chi connectivity index (χ0) is 15.2. The van der Waals surface area contributed by atoms with Gasteiger partial charge in [-0.15, -0.1) is 0 Å². The molecule has 1 amide bonds. The van der Waals surface area contributed by atoms with Gasteiger partial charge in [0.2, 0.25) is 11.9 Å². The number of nitrogens with zero attached hydrogens (tertiary/aromatic N) is 3. The summed E-state index contributed by atoms with van der Waals surface area (Å²) in [6.45, 7) is 0. The van der Waals surface area contributed by atoms with Crippen LogP contribution in [0.1, 0.15) is 10.4 Å². The first-order valence-electron chi connectivity index (χ1n) is 5.75. The summed E-state index contributed by atoms with van der Waals surface area (Å²) in [6, 6.07) is 5.99. The Hall–Kier alpha value is -2.68. The van der Waals surface area contributed by atoms with Gasteiger partial charge < -0.3 is 16.2 Å². The molecule has 0 radical (unpaired) electrons. The number of thioether (sulfide) groups is 1. The quantitative estimate of drug-likeness (QED) is 0.694. The summed E-state index contributed by atoms with van der Waals surface area (Å²) in [5.74, 6) is -1.20. The van der Waals surface area contributed by atoms with Gasteiger partial charge in [0, 0.05) is 5.69 Å². The van der Waals surface area contributed by atoms with Crippen molar-refractivity contribution in [1.82, 2.24) is 15.0 Å². The molecular weight excluding hydrogens is 294 g/mol. The predicted molar refractivity (Wildman–Crippen MR) is 77.0 cm³/mol. The highest BCUT2D eigenvalue weighted by Crippen LogP contribution is 2.14. The van der Waals surface area contributed by atoms with Gasteiger partial charge in [0.25, 0.3) is 0 Å². The van der Waals surface area contributed by atoms with Crippen molar-refractivity contribution >= 4 is 35.3 Å². The number of amides is 1. The van der Waals surface area contributed by atoms with Crippen molar-refractivity contribution in [2.75, 3.05) is 16.8 Å². The third-order valence-corrected chi connectivity index (χ3v) is 3.16. The Morgan fingerprint density at radius 2 is 2.14 bits per heavy atom. The lowest BCUT2D eigenvalue weighted by Crippen LogP contribution is -2.14. The van der Waals surface area contributed by atoms with E-state index in [0.29, 0.717) is 10.8 Å². The van der Waals surface area contributed by atoms with Crippen LogP contribution in [-0.2, 0) is 4.79 Å². The van der Waals surface area contributed by atoms with Crippen molar-refractivity contribution in [3.05, 3.63) is 36.2 Å². The van der Waals surface area contributed by atoms with Gasteiger partial charge in [-0.1, -0.05) is 17.8 Å². The number of aromatic carboxylic acids is 1. The van der Waals surface area contributed by atoms with Gasteiger partial charge in [-0.05, 0) is 18.2 Å². The maximum absolute atomic E-state index is 11.8. The molecule has 0 unspecified atom stereocenters. The van der Waals surface area contributed by atoms with E-state index in [1.165, 1.54) is 18.5 Å². The minimum atomic E-state index is -1.05. The van der Waals surface area contributed by atoms with Crippen molar-refractivity contribution in [1.29, 1.82) is 0 Å². The van der Waals surface area contributed by atoms with Crippen LogP contribution in [0.3, 0.4) is 0 Å². The standard InChI is InChI=1S/C12H11N5O3S/c13-11-14-6-15-12(17-11)21-5-9(18)16-8-3-1-2-7(4-8)10(19)20/h1-4,6H,5H2,(H,16,18)(H,19,20)(H2,13,14,15,17). The van der Waals surface area contributed by atoms with Crippen LogP contribution in [0.2, 0.25) is 0 Å².